The van der Waals surface area contributed by atoms with Crippen molar-refractivity contribution in [1.29, 1.82) is 0 Å². The van der Waals surface area contributed by atoms with Crippen molar-refractivity contribution < 1.29 is 9.13 Å². The first kappa shape index (κ1) is 20.6. The molecule has 2 heterocycles. The Kier molecular flexibility index (Phi) is 7.38. The number of hydrogen-bond acceptors (Lipinski definition) is 4. The van der Waals surface area contributed by atoms with Gasteiger partial charge in [0.15, 0.2) is 11.6 Å². The number of aromatic nitrogens is 3. The van der Waals surface area contributed by atoms with Gasteiger partial charge in [-0.15, -0.1) is 10.2 Å². The molecule has 2 aromatic heterocycles. The lowest BCUT2D eigenvalue weighted by atomic mass is 10.2. The van der Waals surface area contributed by atoms with E-state index in [4.69, 9.17) is 4.74 Å². The number of aliphatic imine (C=N–C) groups is 1. The van der Waals surface area contributed by atoms with E-state index in [1.165, 1.54) is 12.1 Å². The number of guanidine groups is 1. The molecule has 0 fully saturated rings. The molecule has 1 aromatic carbocycles. The first-order chi connectivity index (χ1) is 14.2. The van der Waals surface area contributed by atoms with Gasteiger partial charge in [0.1, 0.15) is 23.5 Å². The molecule has 0 bridgehead atoms. The van der Waals surface area contributed by atoms with Crippen LogP contribution in [-0.4, -0.2) is 46.3 Å². The van der Waals surface area contributed by atoms with Gasteiger partial charge >= 0.3 is 0 Å². The molecule has 0 aliphatic carbocycles. The number of benzene rings is 1. The van der Waals surface area contributed by atoms with Gasteiger partial charge in [-0.25, -0.2) is 9.38 Å². The fraction of sp³-hybridized carbons (Fsp3) is 0.381. The van der Waals surface area contributed by atoms with Crippen LogP contribution in [0.15, 0.2) is 53.7 Å². The van der Waals surface area contributed by atoms with E-state index in [-0.39, 0.29) is 11.9 Å². The number of ether oxygens (including phenoxy) is 1. The van der Waals surface area contributed by atoms with E-state index in [9.17, 15) is 4.39 Å². The minimum absolute atomic E-state index is 0.132. The molecule has 3 rings (SSSR count). The number of pyridine rings is 1. The van der Waals surface area contributed by atoms with Gasteiger partial charge in [0, 0.05) is 31.8 Å². The molecule has 0 saturated heterocycles. The molecule has 0 amide bonds. The van der Waals surface area contributed by atoms with E-state index in [1.54, 1.807) is 12.1 Å². The highest BCUT2D eigenvalue weighted by atomic mass is 19.1. The summed E-state index contributed by atoms with van der Waals surface area (Å²) in [4.78, 5) is 4.62. The largest absolute Gasteiger partial charge is 0.488 e. The van der Waals surface area contributed by atoms with Crippen molar-refractivity contribution in [3.05, 3.63) is 60.3 Å². The molecule has 0 saturated carbocycles. The summed E-state index contributed by atoms with van der Waals surface area (Å²) in [6.07, 6.45) is 3.31. The highest BCUT2D eigenvalue weighted by Gasteiger charge is 2.10. The predicted molar refractivity (Wildman–Crippen MR) is 112 cm³/mol. The maximum atomic E-state index is 13.4. The predicted octanol–water partition coefficient (Wildman–Crippen LogP) is 2.82. The second-order valence-electron chi connectivity index (χ2n) is 6.55. The second-order valence-corrected chi connectivity index (χ2v) is 6.55. The Morgan fingerprint density at radius 1 is 1.17 bits per heavy atom. The van der Waals surface area contributed by atoms with Crippen molar-refractivity contribution in [2.75, 3.05) is 19.6 Å². The van der Waals surface area contributed by atoms with Crippen LogP contribution in [0, 0.1) is 5.82 Å². The third-order valence-electron chi connectivity index (χ3n) is 4.38. The molecule has 0 spiro atoms. The van der Waals surface area contributed by atoms with Gasteiger partial charge in [-0.1, -0.05) is 19.1 Å². The van der Waals surface area contributed by atoms with Gasteiger partial charge in [0.05, 0.1) is 6.54 Å². The summed E-state index contributed by atoms with van der Waals surface area (Å²) in [7, 11) is 0. The quantitative estimate of drug-likeness (QED) is 0.428. The van der Waals surface area contributed by atoms with E-state index >= 15 is 0 Å². The minimum atomic E-state index is -0.308. The Balaban J connectivity index is 1.55. The third kappa shape index (κ3) is 5.91. The molecule has 0 aliphatic rings. The lowest BCUT2D eigenvalue weighted by Crippen LogP contribution is -2.39. The molecule has 29 heavy (non-hydrogen) atoms. The molecule has 0 aliphatic heterocycles. The van der Waals surface area contributed by atoms with Gasteiger partial charge in [0.2, 0.25) is 0 Å². The van der Waals surface area contributed by atoms with Gasteiger partial charge in [-0.2, -0.15) is 0 Å². The van der Waals surface area contributed by atoms with Crippen LogP contribution in [-0.2, 0) is 6.42 Å². The minimum Gasteiger partial charge on any atom is -0.488 e. The zero-order valence-electron chi connectivity index (χ0n) is 16.8. The van der Waals surface area contributed by atoms with Crippen molar-refractivity contribution in [3.63, 3.8) is 0 Å². The molecule has 8 heteroatoms. The highest BCUT2D eigenvalue weighted by molar-refractivity contribution is 5.79. The smallest absolute Gasteiger partial charge is 0.191 e. The molecule has 2 N–H and O–H groups in total. The monoisotopic (exact) mass is 398 g/mol. The van der Waals surface area contributed by atoms with E-state index in [1.807, 2.05) is 42.6 Å². The van der Waals surface area contributed by atoms with Crippen LogP contribution in [0.4, 0.5) is 4.39 Å². The molecular weight excluding hydrogens is 371 g/mol. The number of hydrogen-bond donors (Lipinski definition) is 2. The van der Waals surface area contributed by atoms with Crippen LogP contribution in [0.5, 0.6) is 5.75 Å². The summed E-state index contributed by atoms with van der Waals surface area (Å²) in [5.41, 5.74) is 0.836. The summed E-state index contributed by atoms with van der Waals surface area (Å²) >= 11 is 0. The zero-order valence-corrected chi connectivity index (χ0v) is 16.8. The Morgan fingerprint density at radius 3 is 2.86 bits per heavy atom. The highest BCUT2D eigenvalue weighted by Crippen LogP contribution is 2.15. The third-order valence-corrected chi connectivity index (χ3v) is 4.38. The van der Waals surface area contributed by atoms with Crippen molar-refractivity contribution in [1.82, 2.24) is 25.2 Å². The van der Waals surface area contributed by atoms with Crippen molar-refractivity contribution in [2.45, 2.75) is 32.8 Å². The van der Waals surface area contributed by atoms with Crippen LogP contribution < -0.4 is 15.4 Å². The number of nitrogens with one attached hydrogen (secondary N) is 2. The lowest BCUT2D eigenvalue weighted by Gasteiger charge is -2.17. The van der Waals surface area contributed by atoms with E-state index < -0.39 is 0 Å². The Morgan fingerprint density at radius 2 is 2.07 bits per heavy atom. The van der Waals surface area contributed by atoms with Gasteiger partial charge < -0.3 is 15.4 Å². The number of nitrogens with zero attached hydrogens (tertiary/aromatic N) is 4. The first-order valence-corrected chi connectivity index (χ1v) is 9.92. The Hall–Kier alpha value is -3.16. The van der Waals surface area contributed by atoms with Crippen molar-refractivity contribution in [3.8, 4) is 5.75 Å². The van der Waals surface area contributed by atoms with Gasteiger partial charge in [0.25, 0.3) is 0 Å². The summed E-state index contributed by atoms with van der Waals surface area (Å²) in [6, 6.07) is 12.0. The molecule has 1 unspecified atom stereocenters. The molecule has 0 radical (unpaired) electrons. The van der Waals surface area contributed by atoms with Crippen LogP contribution in [0.1, 0.15) is 26.1 Å². The van der Waals surface area contributed by atoms with Gasteiger partial charge in [-0.3, -0.25) is 4.40 Å². The normalized spacial score (nSPS) is 12.7. The second kappa shape index (κ2) is 10.4. The summed E-state index contributed by atoms with van der Waals surface area (Å²) in [5.74, 6) is 1.81. The van der Waals surface area contributed by atoms with Crippen LogP contribution in [0.2, 0.25) is 0 Å². The van der Waals surface area contributed by atoms with Crippen molar-refractivity contribution >= 4 is 11.6 Å². The fourth-order valence-electron chi connectivity index (χ4n) is 2.87. The molecule has 154 valence electrons. The Labute approximate surface area is 170 Å². The van der Waals surface area contributed by atoms with Crippen LogP contribution >= 0.6 is 0 Å². The number of fused-ring (bicyclic) bond motifs is 1. The van der Waals surface area contributed by atoms with Crippen LogP contribution in [0.3, 0.4) is 0 Å². The topological polar surface area (TPSA) is 75.8 Å². The zero-order chi connectivity index (χ0) is 20.5. The molecular formula is C21H27FN6O. The van der Waals surface area contributed by atoms with E-state index in [2.05, 4.69) is 25.8 Å². The van der Waals surface area contributed by atoms with Crippen molar-refractivity contribution in [2.24, 2.45) is 4.99 Å². The SMILES string of the molecule is CCNC(=NCC(CC)Oc1cccc(F)c1)NCCc1nnc2ccccn12. The van der Waals surface area contributed by atoms with E-state index in [0.717, 1.165) is 24.4 Å². The standard InChI is InChI=1S/C21H27FN6O/c1-3-17(29-18-9-7-8-16(22)14-18)15-25-21(23-4-2)24-12-11-20-27-26-19-10-5-6-13-28(19)20/h5-10,13-14,17H,3-4,11-12,15H2,1-2H3,(H2,23,24,25). The van der Waals surface area contributed by atoms with Gasteiger partial charge in [-0.05, 0) is 37.6 Å². The number of rotatable bonds is 9. The average molecular weight is 398 g/mol. The molecule has 1 atom stereocenters. The molecule has 3 aromatic rings. The average Bonchev–Trinajstić information content (AvgIpc) is 3.14. The maximum absolute atomic E-state index is 13.4. The fourth-order valence-corrected chi connectivity index (χ4v) is 2.87. The van der Waals surface area contributed by atoms with Crippen LogP contribution in [0.25, 0.3) is 5.65 Å². The summed E-state index contributed by atoms with van der Waals surface area (Å²) < 4.78 is 21.2. The Bertz CT molecular complexity index is 942. The summed E-state index contributed by atoms with van der Waals surface area (Å²) in [6.45, 7) is 5.93. The van der Waals surface area contributed by atoms with E-state index in [0.29, 0.717) is 31.2 Å². The summed E-state index contributed by atoms with van der Waals surface area (Å²) in [5, 5.41) is 15.0. The molecule has 7 nitrogen and oxygen atoms in total. The lowest BCUT2D eigenvalue weighted by molar-refractivity contribution is 0.205. The maximum Gasteiger partial charge on any atom is 0.191 e. The first-order valence-electron chi connectivity index (χ1n) is 9.92. The number of halogens is 1.